The number of hydrogen-bond donors (Lipinski definition) is 2. The third-order valence-electron chi connectivity index (χ3n) is 3.86. The van der Waals surface area contributed by atoms with Crippen molar-refractivity contribution >= 4 is 17.5 Å². The van der Waals surface area contributed by atoms with E-state index >= 15 is 0 Å². The molecule has 1 aliphatic heterocycles. The van der Waals surface area contributed by atoms with Crippen molar-refractivity contribution in [3.05, 3.63) is 37.1 Å². The van der Waals surface area contributed by atoms with Gasteiger partial charge in [-0.1, -0.05) is 0 Å². The van der Waals surface area contributed by atoms with E-state index in [1.807, 2.05) is 29.8 Å². The highest BCUT2D eigenvalue weighted by atomic mass is 16.2. The van der Waals surface area contributed by atoms with Crippen molar-refractivity contribution in [2.45, 2.75) is 32.4 Å². The van der Waals surface area contributed by atoms with Gasteiger partial charge in [0.15, 0.2) is 0 Å². The molecular weight excluding hydrogens is 292 g/mol. The van der Waals surface area contributed by atoms with Gasteiger partial charge in [0.2, 0.25) is 0 Å². The highest BCUT2D eigenvalue weighted by molar-refractivity contribution is 5.89. The van der Waals surface area contributed by atoms with Gasteiger partial charge in [0, 0.05) is 38.1 Å². The van der Waals surface area contributed by atoms with Gasteiger partial charge in [-0.05, 0) is 31.9 Å². The number of amides is 2. The average Bonchev–Trinajstić information content (AvgIpc) is 3.20. The number of carbonyl (C=O) groups is 1. The first-order valence-electron chi connectivity index (χ1n) is 7.95. The number of nitrogens with zero attached hydrogens (tertiary/aromatic N) is 4. The summed E-state index contributed by atoms with van der Waals surface area (Å²) in [4.78, 5) is 22.7. The van der Waals surface area contributed by atoms with Crippen LogP contribution in [0.25, 0.3) is 0 Å². The molecular formula is C16H22N6O. The normalized spacial score (nSPS) is 15.4. The largest absolute Gasteiger partial charge is 0.357 e. The Morgan fingerprint density at radius 1 is 1.35 bits per heavy atom. The summed E-state index contributed by atoms with van der Waals surface area (Å²) < 4.78 is 1.93. The fraction of sp³-hybridized carbons (Fsp3) is 0.438. The highest BCUT2D eigenvalue weighted by Gasteiger charge is 2.13. The molecule has 2 amide bonds. The monoisotopic (exact) mass is 314 g/mol. The van der Waals surface area contributed by atoms with Crippen LogP contribution in [0.15, 0.2) is 37.1 Å². The van der Waals surface area contributed by atoms with E-state index in [-0.39, 0.29) is 12.1 Å². The Morgan fingerprint density at radius 3 is 2.83 bits per heavy atom. The lowest BCUT2D eigenvalue weighted by molar-refractivity contribution is 0.248. The first-order chi connectivity index (χ1) is 11.2. The molecule has 3 heterocycles. The summed E-state index contributed by atoms with van der Waals surface area (Å²) in [5.41, 5.74) is 0.695. The first kappa shape index (κ1) is 15.3. The van der Waals surface area contributed by atoms with Crippen molar-refractivity contribution in [3.63, 3.8) is 0 Å². The molecule has 3 rings (SSSR count). The SMILES string of the molecule is CC(Cn1ccnc1)NC(=O)Nc1ccc(N2CCCC2)nc1. The molecule has 2 N–H and O–H groups in total. The van der Waals surface area contributed by atoms with Crippen LogP contribution in [0, 0.1) is 0 Å². The second-order valence-electron chi connectivity index (χ2n) is 5.86. The minimum atomic E-state index is -0.228. The summed E-state index contributed by atoms with van der Waals surface area (Å²) >= 11 is 0. The molecule has 0 radical (unpaired) electrons. The van der Waals surface area contributed by atoms with E-state index in [1.54, 1.807) is 18.7 Å². The number of aromatic nitrogens is 3. The molecule has 0 aliphatic carbocycles. The van der Waals surface area contributed by atoms with Crippen LogP contribution in [0.4, 0.5) is 16.3 Å². The number of anilines is 2. The molecule has 1 unspecified atom stereocenters. The Kier molecular flexibility index (Phi) is 4.75. The van der Waals surface area contributed by atoms with Crippen LogP contribution in [0.3, 0.4) is 0 Å². The van der Waals surface area contributed by atoms with Gasteiger partial charge in [0.1, 0.15) is 5.82 Å². The Labute approximate surface area is 135 Å². The predicted molar refractivity (Wildman–Crippen MR) is 89.5 cm³/mol. The highest BCUT2D eigenvalue weighted by Crippen LogP contribution is 2.18. The van der Waals surface area contributed by atoms with Crippen molar-refractivity contribution in [2.75, 3.05) is 23.3 Å². The van der Waals surface area contributed by atoms with Gasteiger partial charge < -0.3 is 20.1 Å². The number of urea groups is 1. The quantitative estimate of drug-likeness (QED) is 0.886. The fourth-order valence-electron chi connectivity index (χ4n) is 2.74. The van der Waals surface area contributed by atoms with Gasteiger partial charge in [0.25, 0.3) is 0 Å². The zero-order valence-corrected chi connectivity index (χ0v) is 13.3. The van der Waals surface area contributed by atoms with E-state index in [1.165, 1.54) is 12.8 Å². The molecule has 0 aromatic carbocycles. The summed E-state index contributed by atoms with van der Waals surface area (Å²) in [5, 5.41) is 5.71. The zero-order chi connectivity index (χ0) is 16.1. The number of hydrogen-bond acceptors (Lipinski definition) is 4. The van der Waals surface area contributed by atoms with Crippen LogP contribution in [0.5, 0.6) is 0 Å². The van der Waals surface area contributed by atoms with Crippen LogP contribution >= 0.6 is 0 Å². The van der Waals surface area contributed by atoms with Crippen LogP contribution in [0.2, 0.25) is 0 Å². The summed E-state index contributed by atoms with van der Waals surface area (Å²) in [6.45, 7) is 4.76. The molecule has 0 spiro atoms. The minimum absolute atomic E-state index is 0.000956. The lowest BCUT2D eigenvalue weighted by Gasteiger charge is -2.17. The summed E-state index contributed by atoms with van der Waals surface area (Å²) in [5.74, 6) is 0.974. The Bertz CT molecular complexity index is 619. The smallest absolute Gasteiger partial charge is 0.319 e. The van der Waals surface area contributed by atoms with Crippen molar-refractivity contribution in [1.29, 1.82) is 0 Å². The molecule has 0 bridgehead atoms. The zero-order valence-electron chi connectivity index (χ0n) is 13.3. The molecule has 23 heavy (non-hydrogen) atoms. The molecule has 2 aromatic rings. The number of rotatable bonds is 5. The molecule has 7 nitrogen and oxygen atoms in total. The second kappa shape index (κ2) is 7.13. The Hall–Kier alpha value is -2.57. The van der Waals surface area contributed by atoms with Crippen LogP contribution in [0.1, 0.15) is 19.8 Å². The van der Waals surface area contributed by atoms with E-state index in [0.717, 1.165) is 18.9 Å². The lowest BCUT2D eigenvalue weighted by atomic mass is 10.3. The predicted octanol–water partition coefficient (Wildman–Crippen LogP) is 2.09. The van der Waals surface area contributed by atoms with E-state index < -0.39 is 0 Å². The van der Waals surface area contributed by atoms with Crippen LogP contribution in [-0.2, 0) is 6.54 Å². The Morgan fingerprint density at radius 2 is 2.17 bits per heavy atom. The van der Waals surface area contributed by atoms with E-state index in [0.29, 0.717) is 12.2 Å². The third kappa shape index (κ3) is 4.21. The molecule has 2 aromatic heterocycles. The number of pyridine rings is 1. The molecule has 1 fully saturated rings. The number of nitrogens with one attached hydrogen (secondary N) is 2. The van der Waals surface area contributed by atoms with Crippen LogP contribution in [-0.4, -0.2) is 39.7 Å². The molecule has 0 saturated carbocycles. The average molecular weight is 314 g/mol. The maximum absolute atomic E-state index is 12.0. The topological polar surface area (TPSA) is 75.1 Å². The van der Waals surface area contributed by atoms with E-state index in [9.17, 15) is 4.79 Å². The van der Waals surface area contributed by atoms with Crippen LogP contribution < -0.4 is 15.5 Å². The van der Waals surface area contributed by atoms with Gasteiger partial charge in [0.05, 0.1) is 18.2 Å². The molecule has 122 valence electrons. The summed E-state index contributed by atoms with van der Waals surface area (Å²) in [7, 11) is 0. The summed E-state index contributed by atoms with van der Waals surface area (Å²) in [6.07, 6.45) is 9.47. The molecule has 1 atom stereocenters. The standard InChI is InChI=1S/C16H22N6O/c1-13(11-21-9-6-17-12-21)19-16(23)20-14-4-5-15(18-10-14)22-7-2-3-8-22/h4-6,9-10,12-13H,2-3,7-8,11H2,1H3,(H2,19,20,23). The molecule has 1 aliphatic rings. The fourth-order valence-corrected chi connectivity index (χ4v) is 2.74. The molecule has 1 saturated heterocycles. The summed E-state index contributed by atoms with van der Waals surface area (Å²) in [6, 6.07) is 3.62. The third-order valence-corrected chi connectivity index (χ3v) is 3.86. The number of imidazole rings is 1. The first-order valence-corrected chi connectivity index (χ1v) is 7.95. The molecule has 7 heteroatoms. The van der Waals surface area contributed by atoms with E-state index in [2.05, 4.69) is 25.5 Å². The maximum Gasteiger partial charge on any atom is 0.319 e. The second-order valence-corrected chi connectivity index (χ2v) is 5.86. The maximum atomic E-state index is 12.0. The van der Waals surface area contributed by atoms with Crippen molar-refractivity contribution in [1.82, 2.24) is 19.9 Å². The van der Waals surface area contributed by atoms with Crippen molar-refractivity contribution in [2.24, 2.45) is 0 Å². The van der Waals surface area contributed by atoms with E-state index in [4.69, 9.17) is 0 Å². The van der Waals surface area contributed by atoms with Gasteiger partial charge in [-0.2, -0.15) is 0 Å². The lowest BCUT2D eigenvalue weighted by Crippen LogP contribution is -2.38. The van der Waals surface area contributed by atoms with Crippen molar-refractivity contribution < 1.29 is 4.79 Å². The van der Waals surface area contributed by atoms with Crippen molar-refractivity contribution in [3.8, 4) is 0 Å². The van der Waals surface area contributed by atoms with Gasteiger partial charge in [-0.3, -0.25) is 0 Å². The van der Waals surface area contributed by atoms with Gasteiger partial charge in [-0.25, -0.2) is 14.8 Å². The Balaban J connectivity index is 1.49. The number of carbonyl (C=O) groups excluding carboxylic acids is 1. The van der Waals surface area contributed by atoms with Gasteiger partial charge >= 0.3 is 6.03 Å². The van der Waals surface area contributed by atoms with Gasteiger partial charge in [-0.15, -0.1) is 0 Å². The minimum Gasteiger partial charge on any atom is -0.357 e.